The molecular formula is C23H23NO6S. The first-order valence-corrected chi connectivity index (χ1v) is 10.2. The number of oxime groups is 1. The van der Waals surface area contributed by atoms with Crippen molar-refractivity contribution in [2.45, 2.75) is 30.6 Å². The molecule has 2 aromatic carbocycles. The summed E-state index contributed by atoms with van der Waals surface area (Å²) in [5.74, 6) is -0.663. The quantitative estimate of drug-likeness (QED) is 0.102. The minimum Gasteiger partial charge on any atom is -0.490 e. The van der Waals surface area contributed by atoms with Crippen molar-refractivity contribution >= 4 is 35.2 Å². The molecule has 0 saturated carbocycles. The van der Waals surface area contributed by atoms with Crippen LogP contribution in [0.3, 0.4) is 0 Å². The third-order valence-corrected chi connectivity index (χ3v) is 4.77. The monoisotopic (exact) mass is 441 g/mol. The molecule has 0 heterocycles. The number of ketones is 1. The number of hydrogen-bond donors (Lipinski definition) is 0. The Balaban J connectivity index is 1.87. The molecule has 0 aliphatic carbocycles. The fraction of sp³-hybridized carbons (Fsp3) is 0.217. The average Bonchev–Trinajstić information content (AvgIpc) is 2.75. The second-order valence-electron chi connectivity index (χ2n) is 6.45. The van der Waals surface area contributed by atoms with Gasteiger partial charge < -0.3 is 14.3 Å². The van der Waals surface area contributed by atoms with Gasteiger partial charge in [0.25, 0.3) is 0 Å². The van der Waals surface area contributed by atoms with Crippen molar-refractivity contribution in [1.29, 1.82) is 0 Å². The van der Waals surface area contributed by atoms with E-state index in [2.05, 4.69) is 16.6 Å². The lowest BCUT2D eigenvalue weighted by Crippen LogP contribution is -2.12. The smallest absolute Gasteiger partial charge is 0.333 e. The molecule has 7 nitrogen and oxygen atoms in total. The molecule has 2 rings (SSSR count). The molecule has 0 aromatic heterocycles. The Morgan fingerprint density at radius 1 is 0.903 bits per heavy atom. The molecule has 0 unspecified atom stereocenters. The standard InChI is InChI=1S/C23H23NO6S/c1-15(2)23(27)29-14-13-28-19-7-11-21(12-8-19)31-20-9-5-18(6-10-20)22(26)16(3)24-30-17(4)25/h5-12H,1,13-14H2,2-4H3/b24-16+. The van der Waals surface area contributed by atoms with Crippen LogP contribution in [0.5, 0.6) is 5.75 Å². The maximum atomic E-state index is 12.3. The van der Waals surface area contributed by atoms with Gasteiger partial charge in [0.05, 0.1) is 0 Å². The normalized spacial score (nSPS) is 10.9. The van der Waals surface area contributed by atoms with E-state index in [-0.39, 0.29) is 24.7 Å². The number of ether oxygens (including phenoxy) is 2. The maximum absolute atomic E-state index is 12.3. The third-order valence-electron chi connectivity index (χ3n) is 3.75. The van der Waals surface area contributed by atoms with Gasteiger partial charge in [0.2, 0.25) is 5.78 Å². The molecule has 8 heteroatoms. The van der Waals surface area contributed by atoms with E-state index in [1.807, 2.05) is 36.4 Å². The Labute approximate surface area is 185 Å². The van der Waals surface area contributed by atoms with Gasteiger partial charge in [-0.15, -0.1) is 0 Å². The van der Waals surface area contributed by atoms with Crippen LogP contribution in [0.15, 0.2) is 75.6 Å². The van der Waals surface area contributed by atoms with Crippen LogP contribution in [0.25, 0.3) is 0 Å². The lowest BCUT2D eigenvalue weighted by molar-refractivity contribution is -0.141. The summed E-state index contributed by atoms with van der Waals surface area (Å²) in [4.78, 5) is 40.8. The summed E-state index contributed by atoms with van der Waals surface area (Å²) in [5.41, 5.74) is 0.901. The lowest BCUT2D eigenvalue weighted by Gasteiger charge is -2.08. The summed E-state index contributed by atoms with van der Waals surface area (Å²) in [7, 11) is 0. The van der Waals surface area contributed by atoms with Crippen molar-refractivity contribution < 1.29 is 28.7 Å². The number of esters is 1. The van der Waals surface area contributed by atoms with E-state index in [1.54, 1.807) is 19.1 Å². The highest BCUT2D eigenvalue weighted by Crippen LogP contribution is 2.29. The van der Waals surface area contributed by atoms with Gasteiger partial charge in [-0.25, -0.2) is 9.59 Å². The highest BCUT2D eigenvalue weighted by atomic mass is 32.2. The Bertz CT molecular complexity index is 980. The Morgan fingerprint density at radius 3 is 2.03 bits per heavy atom. The first-order valence-electron chi connectivity index (χ1n) is 9.36. The fourth-order valence-electron chi connectivity index (χ4n) is 2.21. The summed E-state index contributed by atoms with van der Waals surface area (Å²) in [6.07, 6.45) is 0. The second kappa shape index (κ2) is 11.7. The Hall–Kier alpha value is -3.39. The van der Waals surface area contributed by atoms with Crippen LogP contribution in [0.2, 0.25) is 0 Å². The first-order chi connectivity index (χ1) is 14.8. The molecule has 0 aliphatic rings. The number of carbonyl (C=O) groups is 3. The molecule has 0 fully saturated rings. The topological polar surface area (TPSA) is 91.3 Å². The van der Waals surface area contributed by atoms with E-state index in [1.165, 1.54) is 25.6 Å². The van der Waals surface area contributed by atoms with Crippen molar-refractivity contribution in [3.05, 3.63) is 66.2 Å². The molecule has 0 aliphatic heterocycles. The van der Waals surface area contributed by atoms with Crippen LogP contribution in [0, 0.1) is 0 Å². The number of Topliss-reactive ketones (excluding diaryl/α,β-unsaturated/α-hetero) is 1. The maximum Gasteiger partial charge on any atom is 0.333 e. The largest absolute Gasteiger partial charge is 0.490 e. The fourth-order valence-corrected chi connectivity index (χ4v) is 3.03. The molecule has 0 bridgehead atoms. The number of benzene rings is 2. The molecule has 2 aromatic rings. The van der Waals surface area contributed by atoms with Gasteiger partial charge in [0.15, 0.2) is 0 Å². The number of nitrogens with zero attached hydrogens (tertiary/aromatic N) is 1. The molecule has 0 atom stereocenters. The zero-order valence-corrected chi connectivity index (χ0v) is 18.4. The zero-order valence-electron chi connectivity index (χ0n) is 17.5. The average molecular weight is 442 g/mol. The lowest BCUT2D eigenvalue weighted by atomic mass is 10.1. The minimum absolute atomic E-state index is 0.0978. The van der Waals surface area contributed by atoms with Crippen LogP contribution >= 0.6 is 11.8 Å². The second-order valence-corrected chi connectivity index (χ2v) is 7.60. The molecule has 0 N–H and O–H groups in total. The van der Waals surface area contributed by atoms with E-state index in [0.717, 1.165) is 9.79 Å². The number of carbonyl (C=O) groups excluding carboxylic acids is 3. The van der Waals surface area contributed by atoms with Gasteiger partial charge in [-0.1, -0.05) is 23.5 Å². The van der Waals surface area contributed by atoms with Crippen molar-refractivity contribution in [3.63, 3.8) is 0 Å². The van der Waals surface area contributed by atoms with E-state index >= 15 is 0 Å². The van der Waals surface area contributed by atoms with E-state index in [4.69, 9.17) is 9.47 Å². The van der Waals surface area contributed by atoms with Crippen molar-refractivity contribution in [2.75, 3.05) is 13.2 Å². The predicted octanol–water partition coefficient (Wildman–Crippen LogP) is 4.46. The van der Waals surface area contributed by atoms with Crippen molar-refractivity contribution in [2.24, 2.45) is 5.16 Å². The van der Waals surface area contributed by atoms with Gasteiger partial charge >= 0.3 is 11.9 Å². The van der Waals surface area contributed by atoms with Gasteiger partial charge in [0.1, 0.15) is 24.7 Å². The number of rotatable bonds is 10. The van der Waals surface area contributed by atoms with Crippen molar-refractivity contribution in [3.8, 4) is 5.75 Å². The van der Waals surface area contributed by atoms with Crippen LogP contribution in [0.4, 0.5) is 0 Å². The van der Waals surface area contributed by atoms with Crippen LogP contribution in [0.1, 0.15) is 31.1 Å². The summed E-state index contributed by atoms with van der Waals surface area (Å²) < 4.78 is 10.5. The summed E-state index contributed by atoms with van der Waals surface area (Å²) in [6, 6.07) is 14.5. The number of hydrogen-bond acceptors (Lipinski definition) is 8. The van der Waals surface area contributed by atoms with Crippen molar-refractivity contribution in [1.82, 2.24) is 0 Å². The van der Waals surface area contributed by atoms with E-state index in [0.29, 0.717) is 16.9 Å². The van der Waals surface area contributed by atoms with E-state index in [9.17, 15) is 14.4 Å². The van der Waals surface area contributed by atoms with E-state index < -0.39 is 11.9 Å². The predicted molar refractivity (Wildman–Crippen MR) is 117 cm³/mol. The zero-order chi connectivity index (χ0) is 22.8. The Morgan fingerprint density at radius 2 is 1.48 bits per heavy atom. The highest BCUT2D eigenvalue weighted by molar-refractivity contribution is 7.99. The molecular weight excluding hydrogens is 418 g/mol. The summed E-state index contributed by atoms with van der Waals surface area (Å²) in [6.45, 7) is 8.21. The molecule has 162 valence electrons. The molecule has 0 saturated heterocycles. The molecule has 0 radical (unpaired) electrons. The summed E-state index contributed by atoms with van der Waals surface area (Å²) >= 11 is 1.53. The van der Waals surface area contributed by atoms with Crippen LogP contribution < -0.4 is 4.74 Å². The first kappa shape index (κ1) is 23.9. The minimum atomic E-state index is -0.582. The van der Waals surface area contributed by atoms with Crippen LogP contribution in [-0.4, -0.2) is 36.6 Å². The van der Waals surface area contributed by atoms with Gasteiger partial charge in [-0.3, -0.25) is 4.79 Å². The summed E-state index contributed by atoms with van der Waals surface area (Å²) in [5, 5.41) is 3.51. The highest BCUT2D eigenvalue weighted by Gasteiger charge is 2.11. The van der Waals surface area contributed by atoms with Gasteiger partial charge in [0, 0.05) is 27.9 Å². The third kappa shape index (κ3) is 8.10. The Kier molecular flexibility index (Phi) is 9.02. The molecule has 0 amide bonds. The van der Waals surface area contributed by atoms with Gasteiger partial charge in [-0.2, -0.15) is 0 Å². The molecule has 0 spiro atoms. The molecule has 31 heavy (non-hydrogen) atoms. The van der Waals surface area contributed by atoms with Gasteiger partial charge in [-0.05, 0) is 62.4 Å². The van der Waals surface area contributed by atoms with Crippen LogP contribution in [-0.2, 0) is 19.2 Å². The SMILES string of the molecule is C=C(C)C(=O)OCCOc1ccc(Sc2ccc(C(=O)/C(C)=N/OC(C)=O)cc2)cc1.